The van der Waals surface area contributed by atoms with Crippen molar-refractivity contribution in [3.05, 3.63) is 29.3 Å². The molecule has 0 aromatic heterocycles. The lowest BCUT2D eigenvalue weighted by Gasteiger charge is -2.22. The standard InChI is InChI=1S/C14H22N2O3/c1-9-3-4-13(17)11(7-9)8-15-16-14(18)12-5-6-19-10(12)2/h3-4,7,10,12,14-18H,5-6,8H2,1-2H3. The third-order valence-corrected chi connectivity index (χ3v) is 3.60. The molecule has 0 saturated carbocycles. The Morgan fingerprint density at radius 2 is 2.26 bits per heavy atom. The summed E-state index contributed by atoms with van der Waals surface area (Å²) in [5.74, 6) is 0.352. The van der Waals surface area contributed by atoms with Crippen LogP contribution in [0, 0.1) is 12.8 Å². The normalized spacial score (nSPS) is 24.6. The second kappa shape index (κ2) is 6.34. The number of ether oxygens (including phenoxy) is 1. The molecule has 0 spiro atoms. The summed E-state index contributed by atoms with van der Waals surface area (Å²) < 4.78 is 5.42. The minimum atomic E-state index is -0.649. The highest BCUT2D eigenvalue weighted by molar-refractivity contribution is 5.35. The maximum absolute atomic E-state index is 10.0. The fourth-order valence-electron chi connectivity index (χ4n) is 2.38. The van der Waals surface area contributed by atoms with Crippen molar-refractivity contribution in [2.75, 3.05) is 6.61 Å². The molecule has 3 atom stereocenters. The van der Waals surface area contributed by atoms with Crippen molar-refractivity contribution in [2.45, 2.75) is 39.1 Å². The largest absolute Gasteiger partial charge is 0.508 e. The van der Waals surface area contributed by atoms with Gasteiger partial charge < -0.3 is 14.9 Å². The van der Waals surface area contributed by atoms with Gasteiger partial charge in [-0.25, -0.2) is 5.43 Å². The lowest BCUT2D eigenvalue weighted by molar-refractivity contribution is 0.0166. The van der Waals surface area contributed by atoms with Gasteiger partial charge in [0.15, 0.2) is 0 Å². The van der Waals surface area contributed by atoms with Crippen LogP contribution in [0.15, 0.2) is 18.2 Å². The second-order valence-electron chi connectivity index (χ2n) is 5.10. The zero-order chi connectivity index (χ0) is 13.8. The smallest absolute Gasteiger partial charge is 0.122 e. The van der Waals surface area contributed by atoms with Crippen LogP contribution in [0.3, 0.4) is 0 Å². The minimum Gasteiger partial charge on any atom is -0.508 e. The highest BCUT2D eigenvalue weighted by Gasteiger charge is 2.30. The van der Waals surface area contributed by atoms with Crippen molar-refractivity contribution in [3.63, 3.8) is 0 Å². The van der Waals surface area contributed by atoms with Gasteiger partial charge in [-0.3, -0.25) is 5.43 Å². The molecule has 1 heterocycles. The summed E-state index contributed by atoms with van der Waals surface area (Å²) >= 11 is 0. The summed E-state index contributed by atoms with van der Waals surface area (Å²) in [6.45, 7) is 5.09. The molecule has 1 fully saturated rings. The first-order valence-electron chi connectivity index (χ1n) is 6.64. The van der Waals surface area contributed by atoms with Gasteiger partial charge in [-0.1, -0.05) is 17.7 Å². The van der Waals surface area contributed by atoms with Gasteiger partial charge in [0.2, 0.25) is 0 Å². The fraction of sp³-hybridized carbons (Fsp3) is 0.571. The SMILES string of the molecule is Cc1ccc(O)c(CNNC(O)C2CCOC2C)c1. The number of hydrogen-bond acceptors (Lipinski definition) is 5. The Bertz CT molecular complexity index is 425. The van der Waals surface area contributed by atoms with Crippen LogP contribution in [0.1, 0.15) is 24.5 Å². The van der Waals surface area contributed by atoms with Gasteiger partial charge in [0.1, 0.15) is 12.0 Å². The number of rotatable bonds is 5. The molecule has 19 heavy (non-hydrogen) atoms. The molecule has 106 valence electrons. The Kier molecular flexibility index (Phi) is 4.76. The topological polar surface area (TPSA) is 73.8 Å². The number of benzene rings is 1. The molecular formula is C14H22N2O3. The van der Waals surface area contributed by atoms with E-state index in [-0.39, 0.29) is 17.8 Å². The number of nitrogens with one attached hydrogen (secondary N) is 2. The average molecular weight is 266 g/mol. The van der Waals surface area contributed by atoms with E-state index in [0.717, 1.165) is 17.5 Å². The van der Waals surface area contributed by atoms with Crippen LogP contribution in [-0.2, 0) is 11.3 Å². The van der Waals surface area contributed by atoms with Gasteiger partial charge in [0.05, 0.1) is 6.10 Å². The molecule has 1 aromatic rings. The van der Waals surface area contributed by atoms with Crippen molar-refractivity contribution >= 4 is 0 Å². The van der Waals surface area contributed by atoms with Gasteiger partial charge >= 0.3 is 0 Å². The Hall–Kier alpha value is -1.14. The predicted molar refractivity (Wildman–Crippen MR) is 72.3 cm³/mol. The van der Waals surface area contributed by atoms with Crippen molar-refractivity contribution < 1.29 is 14.9 Å². The van der Waals surface area contributed by atoms with E-state index in [1.165, 1.54) is 0 Å². The molecule has 0 amide bonds. The van der Waals surface area contributed by atoms with Crippen molar-refractivity contribution in [2.24, 2.45) is 5.92 Å². The highest BCUT2D eigenvalue weighted by Crippen LogP contribution is 2.22. The lowest BCUT2D eigenvalue weighted by Crippen LogP contribution is -2.46. The number of hydrazine groups is 1. The summed E-state index contributed by atoms with van der Waals surface area (Å²) in [6, 6.07) is 5.45. The molecule has 2 rings (SSSR count). The van der Waals surface area contributed by atoms with E-state index in [1.54, 1.807) is 6.07 Å². The van der Waals surface area contributed by atoms with Gasteiger partial charge in [-0.2, -0.15) is 0 Å². The zero-order valence-electron chi connectivity index (χ0n) is 11.4. The second-order valence-corrected chi connectivity index (χ2v) is 5.10. The van der Waals surface area contributed by atoms with Crippen LogP contribution in [0.4, 0.5) is 0 Å². The molecule has 0 radical (unpaired) electrons. The van der Waals surface area contributed by atoms with E-state index in [4.69, 9.17) is 4.74 Å². The molecule has 0 bridgehead atoms. The first-order valence-corrected chi connectivity index (χ1v) is 6.64. The predicted octanol–water partition coefficient (Wildman–Crippen LogP) is 1.04. The van der Waals surface area contributed by atoms with E-state index in [1.807, 2.05) is 26.0 Å². The van der Waals surface area contributed by atoms with Gasteiger partial charge in [0, 0.05) is 24.6 Å². The van der Waals surface area contributed by atoms with Crippen LogP contribution in [0.5, 0.6) is 5.75 Å². The molecule has 3 unspecified atom stereocenters. The molecule has 1 aliphatic rings. The Morgan fingerprint density at radius 3 is 2.95 bits per heavy atom. The third kappa shape index (κ3) is 3.67. The molecular weight excluding hydrogens is 244 g/mol. The van der Waals surface area contributed by atoms with Gasteiger partial charge in [0.25, 0.3) is 0 Å². The summed E-state index contributed by atoms with van der Waals surface area (Å²) in [6.07, 6.45) is 0.272. The van der Waals surface area contributed by atoms with Crippen LogP contribution in [0.2, 0.25) is 0 Å². The van der Waals surface area contributed by atoms with Gasteiger partial charge in [-0.05, 0) is 26.3 Å². The van der Waals surface area contributed by atoms with Crippen molar-refractivity contribution in [1.29, 1.82) is 0 Å². The average Bonchev–Trinajstić information content (AvgIpc) is 2.80. The van der Waals surface area contributed by atoms with E-state index < -0.39 is 6.23 Å². The maximum atomic E-state index is 10.0. The minimum absolute atomic E-state index is 0.0664. The summed E-state index contributed by atoms with van der Waals surface area (Å²) in [5.41, 5.74) is 7.71. The zero-order valence-corrected chi connectivity index (χ0v) is 11.4. The van der Waals surface area contributed by atoms with Crippen molar-refractivity contribution in [1.82, 2.24) is 10.9 Å². The van der Waals surface area contributed by atoms with E-state index in [2.05, 4.69) is 10.9 Å². The monoisotopic (exact) mass is 266 g/mol. The van der Waals surface area contributed by atoms with Gasteiger partial charge in [-0.15, -0.1) is 0 Å². The van der Waals surface area contributed by atoms with Crippen LogP contribution in [0.25, 0.3) is 0 Å². The quantitative estimate of drug-likeness (QED) is 0.473. The Labute approximate surface area is 113 Å². The van der Waals surface area contributed by atoms with E-state index in [9.17, 15) is 10.2 Å². The third-order valence-electron chi connectivity index (χ3n) is 3.60. The highest BCUT2D eigenvalue weighted by atomic mass is 16.5. The summed E-state index contributed by atoms with van der Waals surface area (Å²) in [5, 5.41) is 19.7. The van der Waals surface area contributed by atoms with E-state index >= 15 is 0 Å². The fourth-order valence-corrected chi connectivity index (χ4v) is 2.38. The van der Waals surface area contributed by atoms with Crippen molar-refractivity contribution in [3.8, 4) is 5.75 Å². The van der Waals surface area contributed by atoms with Crippen LogP contribution >= 0.6 is 0 Å². The van der Waals surface area contributed by atoms with Crippen LogP contribution < -0.4 is 10.9 Å². The molecule has 0 aliphatic carbocycles. The molecule has 5 heteroatoms. The number of aliphatic hydroxyl groups is 1. The lowest BCUT2D eigenvalue weighted by atomic mass is 10.0. The molecule has 1 aromatic carbocycles. The molecule has 5 nitrogen and oxygen atoms in total. The summed E-state index contributed by atoms with van der Waals surface area (Å²) in [4.78, 5) is 0. The Morgan fingerprint density at radius 1 is 1.47 bits per heavy atom. The first-order chi connectivity index (χ1) is 9.08. The number of hydrogen-bond donors (Lipinski definition) is 4. The number of aliphatic hydroxyl groups excluding tert-OH is 1. The number of phenolic OH excluding ortho intramolecular Hbond substituents is 1. The van der Waals surface area contributed by atoms with E-state index in [0.29, 0.717) is 13.2 Å². The molecule has 1 aliphatic heterocycles. The van der Waals surface area contributed by atoms with Crippen LogP contribution in [-0.4, -0.2) is 29.2 Å². The number of phenols is 1. The first kappa shape index (κ1) is 14.3. The Balaban J connectivity index is 1.81. The molecule has 1 saturated heterocycles. The number of aryl methyl sites for hydroxylation is 1. The molecule has 4 N–H and O–H groups in total. The number of aromatic hydroxyl groups is 1. The maximum Gasteiger partial charge on any atom is 0.122 e. The summed E-state index contributed by atoms with van der Waals surface area (Å²) in [7, 11) is 0.